The Labute approximate surface area is 139 Å². The van der Waals surface area contributed by atoms with Crippen LogP contribution in [0.1, 0.15) is 5.56 Å². The van der Waals surface area contributed by atoms with Crippen LogP contribution in [0.25, 0.3) is 16.6 Å². The Kier molecular flexibility index (Phi) is 4.20. The largest absolute Gasteiger partial charge is 0.379 e. The van der Waals surface area contributed by atoms with E-state index < -0.39 is 0 Å². The number of hydrogen-bond acceptors (Lipinski definition) is 5. The number of thioether (sulfide) groups is 1. The van der Waals surface area contributed by atoms with Gasteiger partial charge in [-0.1, -0.05) is 30.0 Å². The lowest BCUT2D eigenvalue weighted by Crippen LogP contribution is -2.37. The summed E-state index contributed by atoms with van der Waals surface area (Å²) in [6.45, 7) is 6.95. The van der Waals surface area contributed by atoms with Crippen molar-refractivity contribution < 1.29 is 4.74 Å². The van der Waals surface area contributed by atoms with E-state index in [1.807, 2.05) is 0 Å². The number of fused-ring (bicyclic) bond motifs is 3. The topological polar surface area (TPSA) is 42.7 Å². The molecule has 0 amide bonds. The number of para-hydroxylation sites is 1. The molecule has 3 aromatic rings. The average molecular weight is 328 g/mol. The Morgan fingerprint density at radius 3 is 2.87 bits per heavy atom. The lowest BCUT2D eigenvalue weighted by Gasteiger charge is -2.26. The molecular formula is C17H20N4OS. The molecule has 0 atom stereocenters. The first-order chi connectivity index (χ1) is 11.3. The van der Waals surface area contributed by atoms with Gasteiger partial charge < -0.3 is 4.74 Å². The highest BCUT2D eigenvalue weighted by Gasteiger charge is 2.13. The summed E-state index contributed by atoms with van der Waals surface area (Å²) in [5.74, 6) is 1.02. The van der Waals surface area contributed by atoms with Gasteiger partial charge in [-0.05, 0) is 24.6 Å². The number of nitrogens with zero attached hydrogens (tertiary/aromatic N) is 4. The lowest BCUT2D eigenvalue weighted by atomic mass is 10.1. The van der Waals surface area contributed by atoms with Crippen LogP contribution in [0.5, 0.6) is 0 Å². The van der Waals surface area contributed by atoms with Crippen molar-refractivity contribution in [2.24, 2.45) is 0 Å². The number of ether oxygens (including phenoxy) is 1. The van der Waals surface area contributed by atoms with Crippen molar-refractivity contribution >= 4 is 28.3 Å². The summed E-state index contributed by atoms with van der Waals surface area (Å²) in [6, 6.07) is 10.6. The number of pyridine rings is 1. The number of rotatable bonds is 4. The van der Waals surface area contributed by atoms with Crippen LogP contribution in [0.4, 0.5) is 0 Å². The number of morpholine rings is 1. The van der Waals surface area contributed by atoms with Gasteiger partial charge in [-0.3, -0.25) is 9.30 Å². The lowest BCUT2D eigenvalue weighted by molar-refractivity contribution is 0.0410. The minimum atomic E-state index is 0.850. The Hall–Kier alpha value is -1.63. The van der Waals surface area contributed by atoms with Gasteiger partial charge in [0.2, 0.25) is 0 Å². The van der Waals surface area contributed by atoms with Crippen LogP contribution in [-0.2, 0) is 4.74 Å². The highest BCUT2D eigenvalue weighted by atomic mass is 32.2. The quantitative estimate of drug-likeness (QED) is 0.689. The standard InChI is InChI=1S/C17H20N4OS/c1-13-12-16-18-19-17(21(16)15-5-3-2-4-14(13)15)23-11-8-20-6-9-22-10-7-20/h2-5,12H,6-11H2,1H3. The second kappa shape index (κ2) is 6.47. The maximum atomic E-state index is 5.39. The van der Waals surface area contributed by atoms with E-state index in [4.69, 9.17) is 4.74 Å². The van der Waals surface area contributed by atoms with Crippen molar-refractivity contribution in [1.82, 2.24) is 19.5 Å². The van der Waals surface area contributed by atoms with Gasteiger partial charge in [-0.15, -0.1) is 10.2 Å². The Morgan fingerprint density at radius 2 is 2.00 bits per heavy atom. The van der Waals surface area contributed by atoms with E-state index in [0.29, 0.717) is 0 Å². The maximum absolute atomic E-state index is 5.39. The van der Waals surface area contributed by atoms with Crippen LogP contribution < -0.4 is 0 Å². The van der Waals surface area contributed by atoms with E-state index in [2.05, 4.69) is 56.8 Å². The molecule has 1 aliphatic rings. The smallest absolute Gasteiger partial charge is 0.196 e. The number of aryl methyl sites for hydroxylation is 1. The molecule has 0 radical (unpaired) electrons. The van der Waals surface area contributed by atoms with Gasteiger partial charge in [0.1, 0.15) is 0 Å². The maximum Gasteiger partial charge on any atom is 0.196 e. The van der Waals surface area contributed by atoms with Crippen molar-refractivity contribution in [3.8, 4) is 0 Å². The van der Waals surface area contributed by atoms with E-state index >= 15 is 0 Å². The van der Waals surface area contributed by atoms with Crippen molar-refractivity contribution in [2.45, 2.75) is 12.1 Å². The van der Waals surface area contributed by atoms with Crippen molar-refractivity contribution in [1.29, 1.82) is 0 Å². The third kappa shape index (κ3) is 2.94. The molecule has 5 nitrogen and oxygen atoms in total. The predicted octanol–water partition coefficient (Wildman–Crippen LogP) is 2.62. The minimum Gasteiger partial charge on any atom is -0.379 e. The minimum absolute atomic E-state index is 0.850. The third-order valence-corrected chi connectivity index (χ3v) is 5.23. The summed E-state index contributed by atoms with van der Waals surface area (Å²) in [4.78, 5) is 2.45. The van der Waals surface area contributed by atoms with Gasteiger partial charge in [0.25, 0.3) is 0 Å². The second-order valence-electron chi connectivity index (χ2n) is 5.82. The normalized spacial score (nSPS) is 16.4. The molecule has 4 rings (SSSR count). The molecule has 0 aliphatic carbocycles. The molecule has 0 bridgehead atoms. The Balaban J connectivity index is 1.59. The third-order valence-electron chi connectivity index (χ3n) is 4.32. The zero-order valence-electron chi connectivity index (χ0n) is 13.2. The molecule has 1 saturated heterocycles. The Bertz CT molecular complexity index is 826. The fraction of sp³-hybridized carbons (Fsp3) is 0.412. The van der Waals surface area contributed by atoms with E-state index in [-0.39, 0.29) is 0 Å². The SMILES string of the molecule is Cc1cc2nnc(SCCN3CCOCC3)n2c2ccccc12. The molecule has 0 N–H and O–H groups in total. The molecule has 1 aliphatic heterocycles. The van der Waals surface area contributed by atoms with Gasteiger partial charge in [0.05, 0.1) is 18.7 Å². The van der Waals surface area contributed by atoms with Crippen LogP contribution in [0.3, 0.4) is 0 Å². The first-order valence-corrected chi connectivity index (χ1v) is 8.98. The summed E-state index contributed by atoms with van der Waals surface area (Å²) in [6.07, 6.45) is 0. The van der Waals surface area contributed by atoms with Gasteiger partial charge in [-0.25, -0.2) is 0 Å². The molecule has 1 fully saturated rings. The summed E-state index contributed by atoms with van der Waals surface area (Å²) in [5, 5.41) is 11.0. The van der Waals surface area contributed by atoms with Crippen molar-refractivity contribution in [3.05, 3.63) is 35.9 Å². The van der Waals surface area contributed by atoms with Gasteiger partial charge >= 0.3 is 0 Å². The Morgan fingerprint density at radius 1 is 1.17 bits per heavy atom. The number of hydrogen-bond donors (Lipinski definition) is 0. The van der Waals surface area contributed by atoms with Crippen LogP contribution in [0.2, 0.25) is 0 Å². The molecule has 1 aromatic carbocycles. The summed E-state index contributed by atoms with van der Waals surface area (Å²) in [5.41, 5.74) is 3.35. The van der Waals surface area contributed by atoms with E-state index in [1.54, 1.807) is 11.8 Å². The molecule has 3 heterocycles. The highest BCUT2D eigenvalue weighted by Crippen LogP contribution is 2.25. The average Bonchev–Trinajstić information content (AvgIpc) is 2.99. The van der Waals surface area contributed by atoms with Crippen LogP contribution in [0.15, 0.2) is 35.5 Å². The second-order valence-corrected chi connectivity index (χ2v) is 6.89. The monoisotopic (exact) mass is 328 g/mol. The van der Waals surface area contributed by atoms with Crippen molar-refractivity contribution in [2.75, 3.05) is 38.6 Å². The molecule has 6 heteroatoms. The predicted molar refractivity (Wildman–Crippen MR) is 93.2 cm³/mol. The number of benzene rings is 1. The summed E-state index contributed by atoms with van der Waals surface area (Å²) in [7, 11) is 0. The van der Waals surface area contributed by atoms with Gasteiger partial charge in [0.15, 0.2) is 10.8 Å². The zero-order valence-corrected chi connectivity index (χ0v) is 14.1. The molecular weight excluding hydrogens is 308 g/mol. The van der Waals surface area contributed by atoms with Crippen LogP contribution in [0, 0.1) is 6.92 Å². The molecule has 0 saturated carbocycles. The fourth-order valence-electron chi connectivity index (χ4n) is 3.06. The van der Waals surface area contributed by atoms with Crippen molar-refractivity contribution in [3.63, 3.8) is 0 Å². The van der Waals surface area contributed by atoms with Crippen LogP contribution in [-0.4, -0.2) is 58.1 Å². The molecule has 2 aromatic heterocycles. The van der Waals surface area contributed by atoms with E-state index in [0.717, 1.165) is 49.4 Å². The van der Waals surface area contributed by atoms with Crippen LogP contribution >= 0.6 is 11.8 Å². The number of aromatic nitrogens is 3. The zero-order chi connectivity index (χ0) is 15.6. The van der Waals surface area contributed by atoms with Gasteiger partial charge in [-0.2, -0.15) is 0 Å². The molecule has 23 heavy (non-hydrogen) atoms. The van der Waals surface area contributed by atoms with E-state index in [9.17, 15) is 0 Å². The first-order valence-electron chi connectivity index (χ1n) is 7.99. The summed E-state index contributed by atoms with van der Waals surface area (Å²) < 4.78 is 7.57. The molecule has 120 valence electrons. The van der Waals surface area contributed by atoms with Gasteiger partial charge in [0, 0.05) is 30.8 Å². The fourth-order valence-corrected chi connectivity index (χ4v) is 4.01. The molecule has 0 spiro atoms. The van der Waals surface area contributed by atoms with E-state index in [1.165, 1.54) is 16.5 Å². The summed E-state index contributed by atoms with van der Waals surface area (Å²) >= 11 is 1.78. The molecule has 0 unspecified atom stereocenters. The highest BCUT2D eigenvalue weighted by molar-refractivity contribution is 7.99. The first kappa shape index (κ1) is 14.9.